The highest BCUT2D eigenvalue weighted by Crippen LogP contribution is 2.24. The van der Waals surface area contributed by atoms with E-state index in [1.807, 2.05) is 32.2 Å². The lowest BCUT2D eigenvalue weighted by Crippen LogP contribution is -2.48. The monoisotopic (exact) mass is 383 g/mol. The van der Waals surface area contributed by atoms with Crippen LogP contribution in [-0.4, -0.2) is 42.0 Å². The highest BCUT2D eigenvalue weighted by molar-refractivity contribution is 5.97. The number of nitrogens with zero attached hydrogens (tertiary/aromatic N) is 2. The summed E-state index contributed by atoms with van der Waals surface area (Å²) in [4.78, 5) is 19.2. The van der Waals surface area contributed by atoms with Crippen molar-refractivity contribution in [1.29, 1.82) is 0 Å². The van der Waals surface area contributed by atoms with Crippen LogP contribution >= 0.6 is 0 Å². The molecule has 1 N–H and O–H groups in total. The normalized spacial score (nSPS) is 17.2. The molecule has 0 saturated carbocycles. The molecule has 0 unspecified atom stereocenters. The number of rotatable bonds is 6. The largest absolute Gasteiger partial charge is 0.489 e. The summed E-state index contributed by atoms with van der Waals surface area (Å²) in [7, 11) is 2.01. The number of pyridine rings is 1. The van der Waals surface area contributed by atoms with Gasteiger partial charge in [0.25, 0.3) is 5.91 Å². The molecule has 0 bridgehead atoms. The zero-order chi connectivity index (χ0) is 20.3. The van der Waals surface area contributed by atoms with Crippen LogP contribution in [0.2, 0.25) is 0 Å². The summed E-state index contributed by atoms with van der Waals surface area (Å²) in [5.41, 5.74) is 3.43. The van der Waals surface area contributed by atoms with E-state index in [2.05, 4.69) is 15.2 Å². The molecule has 1 aliphatic rings. The van der Waals surface area contributed by atoms with Gasteiger partial charge in [-0.25, -0.2) is 4.39 Å². The van der Waals surface area contributed by atoms with Gasteiger partial charge in [-0.2, -0.15) is 0 Å². The Labute approximate surface area is 165 Å². The van der Waals surface area contributed by atoms with Gasteiger partial charge in [-0.15, -0.1) is 0 Å². The van der Waals surface area contributed by atoms with Crippen molar-refractivity contribution in [2.24, 2.45) is 0 Å². The lowest BCUT2D eigenvalue weighted by atomic mass is 10.1. The van der Waals surface area contributed by atoms with Crippen LogP contribution in [0.25, 0.3) is 6.08 Å². The van der Waals surface area contributed by atoms with Gasteiger partial charge in [0, 0.05) is 23.5 Å². The highest BCUT2D eigenvalue weighted by Gasteiger charge is 2.25. The maximum Gasteiger partial charge on any atom is 0.255 e. The number of ether oxygens (including phenoxy) is 1. The van der Waals surface area contributed by atoms with Crippen LogP contribution in [0.4, 0.5) is 4.39 Å². The maximum absolute atomic E-state index is 14.3. The number of likely N-dealkylation sites (tertiary alicyclic amines) is 1. The van der Waals surface area contributed by atoms with Crippen molar-refractivity contribution in [2.45, 2.75) is 33.2 Å². The van der Waals surface area contributed by atoms with Gasteiger partial charge in [0.1, 0.15) is 6.61 Å². The molecule has 0 radical (unpaired) electrons. The number of hydrogen-bond donors (Lipinski definition) is 1. The SMILES string of the molecule is C/C(=C/c1ncccc1C)NC(=O)c1cc(OC[C@@H]2CCN2C)c(F)cc1C. The van der Waals surface area contributed by atoms with E-state index in [0.29, 0.717) is 29.5 Å². The van der Waals surface area contributed by atoms with Crippen molar-refractivity contribution >= 4 is 12.0 Å². The lowest BCUT2D eigenvalue weighted by molar-refractivity contribution is 0.0751. The Morgan fingerprint density at radius 3 is 2.82 bits per heavy atom. The molecule has 1 saturated heterocycles. The fourth-order valence-electron chi connectivity index (χ4n) is 3.11. The average Bonchev–Trinajstić information content (AvgIpc) is 2.64. The first-order valence-corrected chi connectivity index (χ1v) is 9.39. The van der Waals surface area contributed by atoms with Gasteiger partial charge in [-0.05, 0) is 76.2 Å². The number of carbonyl (C=O) groups is 1. The summed E-state index contributed by atoms with van der Waals surface area (Å²) >= 11 is 0. The minimum absolute atomic E-state index is 0.109. The molecule has 1 atom stereocenters. The van der Waals surface area contributed by atoms with Crippen LogP contribution in [0.1, 0.15) is 40.5 Å². The fourth-order valence-corrected chi connectivity index (χ4v) is 3.11. The van der Waals surface area contributed by atoms with Gasteiger partial charge in [0.2, 0.25) is 0 Å². The fraction of sp³-hybridized carbons (Fsp3) is 0.364. The second-order valence-corrected chi connectivity index (χ2v) is 7.32. The Balaban J connectivity index is 1.73. The van der Waals surface area contributed by atoms with Crippen molar-refractivity contribution in [1.82, 2.24) is 15.2 Å². The van der Waals surface area contributed by atoms with Crippen LogP contribution in [0.5, 0.6) is 5.75 Å². The van der Waals surface area contributed by atoms with E-state index < -0.39 is 5.82 Å². The van der Waals surface area contributed by atoms with E-state index in [4.69, 9.17) is 4.74 Å². The molecule has 1 aliphatic heterocycles. The molecule has 28 heavy (non-hydrogen) atoms. The molecule has 5 nitrogen and oxygen atoms in total. The molecular formula is C22H26FN3O2. The van der Waals surface area contributed by atoms with Crippen LogP contribution < -0.4 is 10.1 Å². The maximum atomic E-state index is 14.3. The van der Waals surface area contributed by atoms with Crippen LogP contribution in [-0.2, 0) is 0 Å². The zero-order valence-electron chi connectivity index (χ0n) is 16.8. The predicted molar refractivity (Wildman–Crippen MR) is 108 cm³/mol. The molecular weight excluding hydrogens is 357 g/mol. The molecule has 0 aliphatic carbocycles. The number of aromatic nitrogens is 1. The standard InChI is InChI=1S/C22H26FN3O2/c1-14-6-5-8-24-20(14)11-16(3)25-22(27)18-12-21(19(23)10-15(18)2)28-13-17-7-9-26(17)4/h5-6,8,10-12,17H,7,9,13H2,1-4H3,(H,25,27)/b16-11-/t17-/m0/s1. The third-order valence-corrected chi connectivity index (χ3v) is 5.11. The minimum atomic E-state index is -0.451. The van der Waals surface area contributed by atoms with Gasteiger partial charge >= 0.3 is 0 Å². The van der Waals surface area contributed by atoms with Crippen LogP contribution in [0.15, 0.2) is 36.2 Å². The third kappa shape index (κ3) is 4.57. The molecule has 1 amide bonds. The Morgan fingerprint density at radius 2 is 2.18 bits per heavy atom. The molecule has 2 aromatic rings. The van der Waals surface area contributed by atoms with Crippen molar-refractivity contribution in [2.75, 3.05) is 20.2 Å². The van der Waals surface area contributed by atoms with Crippen molar-refractivity contribution in [3.63, 3.8) is 0 Å². The van der Waals surface area contributed by atoms with Gasteiger partial charge in [0.15, 0.2) is 11.6 Å². The van der Waals surface area contributed by atoms with Crippen molar-refractivity contribution in [3.8, 4) is 5.75 Å². The first-order chi connectivity index (χ1) is 13.3. The molecule has 2 heterocycles. The number of halogens is 1. The first kappa shape index (κ1) is 20.0. The Morgan fingerprint density at radius 1 is 1.39 bits per heavy atom. The van der Waals surface area contributed by atoms with Gasteiger partial charge < -0.3 is 10.1 Å². The number of likely N-dealkylation sites (N-methyl/N-ethyl adjacent to an activating group) is 1. The van der Waals surface area contributed by atoms with Crippen LogP contribution in [0.3, 0.4) is 0 Å². The van der Waals surface area contributed by atoms with Gasteiger partial charge in [-0.1, -0.05) is 6.07 Å². The number of allylic oxidation sites excluding steroid dienone is 1. The Hall–Kier alpha value is -2.73. The van der Waals surface area contributed by atoms with Gasteiger partial charge in [0.05, 0.1) is 5.69 Å². The predicted octanol–water partition coefficient (Wildman–Crippen LogP) is 3.71. The minimum Gasteiger partial charge on any atom is -0.489 e. The van der Waals surface area contributed by atoms with E-state index in [0.717, 1.165) is 24.2 Å². The average molecular weight is 383 g/mol. The molecule has 6 heteroatoms. The molecule has 1 aromatic carbocycles. The van der Waals surface area contributed by atoms with E-state index in [1.54, 1.807) is 20.0 Å². The van der Waals surface area contributed by atoms with Crippen molar-refractivity contribution < 1.29 is 13.9 Å². The zero-order valence-corrected chi connectivity index (χ0v) is 16.8. The molecule has 0 spiro atoms. The molecule has 148 valence electrons. The second-order valence-electron chi connectivity index (χ2n) is 7.32. The summed E-state index contributed by atoms with van der Waals surface area (Å²) in [5, 5.41) is 2.85. The first-order valence-electron chi connectivity index (χ1n) is 9.39. The number of carbonyl (C=O) groups excluding carboxylic acids is 1. The van der Waals surface area contributed by atoms with E-state index >= 15 is 0 Å². The smallest absolute Gasteiger partial charge is 0.255 e. The highest BCUT2D eigenvalue weighted by atomic mass is 19.1. The number of nitrogens with one attached hydrogen (secondary N) is 1. The number of benzene rings is 1. The quantitative estimate of drug-likeness (QED) is 0.826. The number of hydrogen-bond acceptors (Lipinski definition) is 4. The Bertz CT molecular complexity index is 911. The summed E-state index contributed by atoms with van der Waals surface area (Å²) in [6.45, 7) is 6.91. The number of aryl methyl sites for hydroxylation is 2. The summed E-state index contributed by atoms with van der Waals surface area (Å²) in [6.07, 6.45) is 4.56. The van der Waals surface area contributed by atoms with Gasteiger partial charge in [-0.3, -0.25) is 14.7 Å². The summed E-state index contributed by atoms with van der Waals surface area (Å²) in [6, 6.07) is 6.95. The summed E-state index contributed by atoms with van der Waals surface area (Å²) < 4.78 is 19.9. The second kappa shape index (κ2) is 8.52. The van der Waals surface area contributed by atoms with Crippen molar-refractivity contribution in [3.05, 3.63) is 64.4 Å². The molecule has 1 fully saturated rings. The summed E-state index contributed by atoms with van der Waals surface area (Å²) in [5.74, 6) is -0.642. The van der Waals surface area contributed by atoms with E-state index in [-0.39, 0.29) is 11.7 Å². The lowest BCUT2D eigenvalue weighted by Gasteiger charge is -2.37. The van der Waals surface area contributed by atoms with Crippen LogP contribution in [0, 0.1) is 19.7 Å². The molecule has 3 rings (SSSR count). The topological polar surface area (TPSA) is 54.5 Å². The van der Waals surface area contributed by atoms with E-state index in [9.17, 15) is 9.18 Å². The molecule has 1 aromatic heterocycles. The Kier molecular flexibility index (Phi) is 6.09. The third-order valence-electron chi connectivity index (χ3n) is 5.11. The number of amides is 1. The van der Waals surface area contributed by atoms with E-state index in [1.165, 1.54) is 12.1 Å².